The van der Waals surface area contributed by atoms with Crippen LogP contribution in [0.15, 0.2) is 18.2 Å². The van der Waals surface area contributed by atoms with Crippen LogP contribution in [0.4, 0.5) is 0 Å². The highest BCUT2D eigenvalue weighted by Gasteiger charge is 2.67. The third-order valence-electron chi connectivity index (χ3n) is 7.26. The summed E-state index contributed by atoms with van der Waals surface area (Å²) in [4.78, 5) is 0. The summed E-state index contributed by atoms with van der Waals surface area (Å²) in [5.41, 5.74) is 3.44. The molecule has 21 heavy (non-hydrogen) atoms. The molecule has 1 N–H and O–H groups in total. The standard InChI is InChI=1S/C19H24O2/c1-2-19-8-7-14-13-6-4-12(20)9-11(13)3-5-15(14)16(19)10-17-18(19)21-17/h4,6,9,14-18,20H,2-3,5,7-8,10H2,1H3/t14-,15-,16+,17-,18-,19+/m1/s1. The van der Waals surface area contributed by atoms with E-state index in [4.69, 9.17) is 4.74 Å². The summed E-state index contributed by atoms with van der Waals surface area (Å²) in [6, 6.07) is 6.09. The van der Waals surface area contributed by atoms with Crippen molar-refractivity contribution in [3.05, 3.63) is 29.3 Å². The molecule has 5 rings (SSSR count). The molecule has 3 fully saturated rings. The Bertz CT molecular complexity index is 595. The Labute approximate surface area is 126 Å². The summed E-state index contributed by atoms with van der Waals surface area (Å²) in [6.07, 6.45) is 8.92. The lowest BCUT2D eigenvalue weighted by Crippen LogP contribution is -2.44. The van der Waals surface area contributed by atoms with Crippen molar-refractivity contribution < 1.29 is 9.84 Å². The molecule has 1 saturated heterocycles. The van der Waals surface area contributed by atoms with Gasteiger partial charge in [-0.1, -0.05) is 13.0 Å². The molecule has 1 aromatic carbocycles. The van der Waals surface area contributed by atoms with E-state index >= 15 is 0 Å². The molecule has 1 aliphatic heterocycles. The van der Waals surface area contributed by atoms with Gasteiger partial charge in [0.1, 0.15) is 5.75 Å². The van der Waals surface area contributed by atoms with Crippen LogP contribution in [0.1, 0.15) is 56.1 Å². The van der Waals surface area contributed by atoms with Crippen LogP contribution in [0.5, 0.6) is 5.75 Å². The number of aromatic hydroxyl groups is 1. The number of hydrogen-bond acceptors (Lipinski definition) is 2. The number of epoxide rings is 1. The van der Waals surface area contributed by atoms with Gasteiger partial charge in [0.05, 0.1) is 12.2 Å². The molecule has 2 saturated carbocycles. The van der Waals surface area contributed by atoms with Crippen LogP contribution >= 0.6 is 0 Å². The molecule has 0 spiro atoms. The van der Waals surface area contributed by atoms with Crippen molar-refractivity contribution in [2.45, 2.75) is 63.6 Å². The fourth-order valence-electron chi connectivity index (χ4n) is 6.29. The Morgan fingerprint density at radius 1 is 1.33 bits per heavy atom. The molecule has 2 nitrogen and oxygen atoms in total. The van der Waals surface area contributed by atoms with E-state index in [1.54, 1.807) is 0 Å². The van der Waals surface area contributed by atoms with Crippen molar-refractivity contribution in [1.29, 1.82) is 0 Å². The first-order valence-corrected chi connectivity index (χ1v) is 8.70. The van der Waals surface area contributed by atoms with E-state index in [9.17, 15) is 5.11 Å². The van der Waals surface area contributed by atoms with Crippen molar-refractivity contribution in [3.8, 4) is 5.75 Å². The molecule has 0 aromatic heterocycles. The van der Waals surface area contributed by atoms with Gasteiger partial charge in [-0.15, -0.1) is 0 Å². The van der Waals surface area contributed by atoms with Gasteiger partial charge in [0.2, 0.25) is 0 Å². The SMILES string of the molecule is CC[C@]12CC[C@@H]3c4ccc(O)cc4CC[C@H]3[C@@H]1C[C@H]1O[C@H]12. The summed E-state index contributed by atoms with van der Waals surface area (Å²) in [5, 5.41) is 9.74. The summed E-state index contributed by atoms with van der Waals surface area (Å²) >= 11 is 0. The maximum Gasteiger partial charge on any atom is 0.115 e. The maximum absolute atomic E-state index is 9.74. The lowest BCUT2D eigenvalue weighted by atomic mass is 9.54. The number of phenols is 1. The monoisotopic (exact) mass is 284 g/mol. The Morgan fingerprint density at radius 3 is 3.10 bits per heavy atom. The fraction of sp³-hybridized carbons (Fsp3) is 0.684. The topological polar surface area (TPSA) is 32.8 Å². The average molecular weight is 284 g/mol. The lowest BCUT2D eigenvalue weighted by molar-refractivity contribution is -0.0123. The van der Waals surface area contributed by atoms with Crippen molar-refractivity contribution in [2.75, 3.05) is 0 Å². The Kier molecular flexibility index (Phi) is 2.41. The minimum atomic E-state index is 0.432. The smallest absolute Gasteiger partial charge is 0.115 e. The van der Waals surface area contributed by atoms with Gasteiger partial charge in [-0.05, 0) is 79.5 Å². The van der Waals surface area contributed by atoms with Crippen LogP contribution in [0.25, 0.3) is 0 Å². The van der Waals surface area contributed by atoms with Crippen molar-refractivity contribution in [1.82, 2.24) is 0 Å². The molecule has 0 radical (unpaired) electrons. The van der Waals surface area contributed by atoms with Crippen LogP contribution in [-0.4, -0.2) is 17.3 Å². The van der Waals surface area contributed by atoms with Crippen molar-refractivity contribution >= 4 is 0 Å². The van der Waals surface area contributed by atoms with Gasteiger partial charge >= 0.3 is 0 Å². The van der Waals surface area contributed by atoms with E-state index in [0.29, 0.717) is 23.4 Å². The molecule has 6 atom stereocenters. The Morgan fingerprint density at radius 2 is 2.24 bits per heavy atom. The van der Waals surface area contributed by atoms with Crippen LogP contribution in [-0.2, 0) is 11.2 Å². The Balaban J connectivity index is 1.53. The highest BCUT2D eigenvalue weighted by molar-refractivity contribution is 5.40. The zero-order valence-corrected chi connectivity index (χ0v) is 12.7. The molecule has 0 amide bonds. The Hall–Kier alpha value is -1.02. The second kappa shape index (κ2) is 4.04. The highest BCUT2D eigenvalue weighted by atomic mass is 16.6. The quantitative estimate of drug-likeness (QED) is 0.790. The van der Waals surface area contributed by atoms with Crippen molar-refractivity contribution in [2.24, 2.45) is 17.3 Å². The number of phenolic OH excluding ortho intramolecular Hbond substituents is 1. The number of benzene rings is 1. The van der Waals surface area contributed by atoms with Gasteiger partial charge < -0.3 is 9.84 Å². The van der Waals surface area contributed by atoms with E-state index in [1.165, 1.54) is 43.2 Å². The normalized spacial score (nSPS) is 46.2. The molecule has 1 heterocycles. The number of aryl methyl sites for hydroxylation is 1. The number of rotatable bonds is 1. The molecule has 2 heteroatoms. The minimum absolute atomic E-state index is 0.432. The highest BCUT2D eigenvalue weighted by Crippen LogP contribution is 2.67. The average Bonchev–Trinajstić information content (AvgIpc) is 3.21. The molecule has 4 aliphatic rings. The van der Waals surface area contributed by atoms with E-state index < -0.39 is 0 Å². The van der Waals surface area contributed by atoms with Crippen molar-refractivity contribution in [3.63, 3.8) is 0 Å². The molecular formula is C19H24O2. The maximum atomic E-state index is 9.74. The van der Waals surface area contributed by atoms with E-state index in [2.05, 4.69) is 13.0 Å². The van der Waals surface area contributed by atoms with Gasteiger partial charge in [-0.2, -0.15) is 0 Å². The molecule has 3 aliphatic carbocycles. The number of fused-ring (bicyclic) bond motifs is 7. The lowest BCUT2D eigenvalue weighted by Gasteiger charge is -2.51. The van der Waals surface area contributed by atoms with Crippen LogP contribution < -0.4 is 0 Å². The third-order valence-corrected chi connectivity index (χ3v) is 7.26. The first-order valence-electron chi connectivity index (χ1n) is 8.70. The number of ether oxygens (including phenoxy) is 1. The van der Waals surface area contributed by atoms with Gasteiger partial charge in [0.15, 0.2) is 0 Å². The predicted octanol–water partition coefficient (Wildman–Crippen LogP) is 4.02. The molecule has 112 valence electrons. The minimum Gasteiger partial charge on any atom is -0.508 e. The first kappa shape index (κ1) is 12.5. The van der Waals surface area contributed by atoms with Crippen LogP contribution in [0, 0.1) is 17.3 Å². The van der Waals surface area contributed by atoms with E-state index in [0.717, 1.165) is 24.2 Å². The first-order chi connectivity index (χ1) is 10.2. The number of hydrogen-bond donors (Lipinski definition) is 1. The molecule has 0 bridgehead atoms. The van der Waals surface area contributed by atoms with Crippen LogP contribution in [0.2, 0.25) is 0 Å². The fourth-order valence-corrected chi connectivity index (χ4v) is 6.29. The predicted molar refractivity (Wildman–Crippen MR) is 81.4 cm³/mol. The van der Waals surface area contributed by atoms with Gasteiger partial charge in [-0.3, -0.25) is 0 Å². The van der Waals surface area contributed by atoms with Gasteiger partial charge in [0, 0.05) is 5.41 Å². The van der Waals surface area contributed by atoms with Gasteiger partial charge in [0.25, 0.3) is 0 Å². The molecule has 1 aromatic rings. The summed E-state index contributed by atoms with van der Waals surface area (Å²) in [7, 11) is 0. The zero-order valence-electron chi connectivity index (χ0n) is 12.7. The largest absolute Gasteiger partial charge is 0.508 e. The van der Waals surface area contributed by atoms with Gasteiger partial charge in [-0.25, -0.2) is 0 Å². The molecule has 0 unspecified atom stereocenters. The second-order valence-corrected chi connectivity index (χ2v) is 7.75. The summed E-state index contributed by atoms with van der Waals surface area (Å²) in [6.45, 7) is 2.38. The van der Waals surface area contributed by atoms with Crippen LogP contribution in [0.3, 0.4) is 0 Å². The second-order valence-electron chi connectivity index (χ2n) is 7.75. The van der Waals surface area contributed by atoms with E-state index in [-0.39, 0.29) is 0 Å². The summed E-state index contributed by atoms with van der Waals surface area (Å²) in [5.74, 6) is 2.90. The zero-order chi connectivity index (χ0) is 14.2. The van der Waals surface area contributed by atoms with E-state index in [1.807, 2.05) is 12.1 Å². The third kappa shape index (κ3) is 1.52. The summed E-state index contributed by atoms with van der Waals surface area (Å²) < 4.78 is 5.95. The molecular weight excluding hydrogens is 260 g/mol.